The summed E-state index contributed by atoms with van der Waals surface area (Å²) in [6.45, 7) is 5.20. The van der Waals surface area contributed by atoms with Crippen LogP contribution in [-0.2, 0) is 14.8 Å². The highest BCUT2D eigenvalue weighted by Gasteiger charge is 2.17. The molecule has 0 heterocycles. The summed E-state index contributed by atoms with van der Waals surface area (Å²) in [6, 6.07) is 10.8. The van der Waals surface area contributed by atoms with E-state index in [1.54, 1.807) is 30.3 Å². The van der Waals surface area contributed by atoms with Crippen LogP contribution in [-0.4, -0.2) is 28.0 Å². The van der Waals surface area contributed by atoms with Crippen LogP contribution >= 0.6 is 0 Å². The molecule has 26 heavy (non-hydrogen) atoms. The summed E-state index contributed by atoms with van der Waals surface area (Å²) >= 11 is 0. The standard InChI is InChI=1S/C18H20N2O5S/c1-4-10-25-15-7-5-6-14(11-15)20-26(22,23)16-8-9-18(24-3)17(12-16)19-13(2)21/h4-9,11-12,20H,1,10H2,2-3H3,(H,19,21). The second-order valence-corrected chi connectivity index (χ2v) is 6.96. The topological polar surface area (TPSA) is 93.7 Å². The number of carbonyl (C=O) groups excluding carboxylic acids is 1. The lowest BCUT2D eigenvalue weighted by Crippen LogP contribution is -2.14. The van der Waals surface area contributed by atoms with Crippen LogP contribution in [0.15, 0.2) is 60.0 Å². The van der Waals surface area contributed by atoms with Gasteiger partial charge < -0.3 is 14.8 Å². The molecular formula is C18H20N2O5S. The van der Waals surface area contributed by atoms with Crippen molar-refractivity contribution < 1.29 is 22.7 Å². The van der Waals surface area contributed by atoms with Gasteiger partial charge in [-0.3, -0.25) is 9.52 Å². The SMILES string of the molecule is C=CCOc1cccc(NS(=O)(=O)c2ccc(OC)c(NC(C)=O)c2)c1. The molecular weight excluding hydrogens is 356 g/mol. The molecule has 0 radical (unpaired) electrons. The number of methoxy groups -OCH3 is 1. The van der Waals surface area contributed by atoms with Gasteiger partial charge in [-0.25, -0.2) is 8.42 Å². The van der Waals surface area contributed by atoms with Crippen LogP contribution in [0.4, 0.5) is 11.4 Å². The summed E-state index contributed by atoms with van der Waals surface area (Å²) in [6.07, 6.45) is 1.59. The van der Waals surface area contributed by atoms with Gasteiger partial charge in [0, 0.05) is 13.0 Å². The number of benzene rings is 2. The minimum atomic E-state index is -3.87. The van der Waals surface area contributed by atoms with E-state index < -0.39 is 10.0 Å². The molecule has 0 aliphatic carbocycles. The van der Waals surface area contributed by atoms with Gasteiger partial charge in [0.1, 0.15) is 18.1 Å². The number of sulfonamides is 1. The van der Waals surface area contributed by atoms with Crippen LogP contribution in [0.25, 0.3) is 0 Å². The quantitative estimate of drug-likeness (QED) is 0.691. The van der Waals surface area contributed by atoms with Crippen molar-refractivity contribution in [3.8, 4) is 11.5 Å². The molecule has 0 spiro atoms. The third kappa shape index (κ3) is 5.00. The Labute approximate surface area is 152 Å². The van der Waals surface area contributed by atoms with Gasteiger partial charge >= 0.3 is 0 Å². The van der Waals surface area contributed by atoms with Crippen molar-refractivity contribution in [3.05, 3.63) is 55.1 Å². The second kappa shape index (κ2) is 8.39. The zero-order valence-corrected chi connectivity index (χ0v) is 15.3. The number of carbonyl (C=O) groups is 1. The number of rotatable bonds is 8. The average Bonchev–Trinajstić information content (AvgIpc) is 2.59. The fourth-order valence-electron chi connectivity index (χ4n) is 2.16. The van der Waals surface area contributed by atoms with Gasteiger partial charge in [0.05, 0.1) is 23.4 Å². The first-order chi connectivity index (χ1) is 12.4. The molecule has 0 saturated heterocycles. The van der Waals surface area contributed by atoms with E-state index in [0.29, 0.717) is 23.8 Å². The lowest BCUT2D eigenvalue weighted by atomic mass is 10.3. The van der Waals surface area contributed by atoms with Crippen LogP contribution in [0.3, 0.4) is 0 Å². The molecule has 0 bridgehead atoms. The molecule has 0 fully saturated rings. The van der Waals surface area contributed by atoms with Gasteiger partial charge in [-0.1, -0.05) is 18.7 Å². The molecule has 8 heteroatoms. The van der Waals surface area contributed by atoms with Gasteiger partial charge in [0.15, 0.2) is 0 Å². The highest BCUT2D eigenvalue weighted by molar-refractivity contribution is 7.92. The fraction of sp³-hybridized carbons (Fsp3) is 0.167. The number of amides is 1. The molecule has 2 aromatic rings. The van der Waals surface area contributed by atoms with Gasteiger partial charge in [0.2, 0.25) is 5.91 Å². The van der Waals surface area contributed by atoms with E-state index in [-0.39, 0.29) is 16.5 Å². The van der Waals surface area contributed by atoms with E-state index in [9.17, 15) is 13.2 Å². The molecule has 0 atom stereocenters. The maximum Gasteiger partial charge on any atom is 0.261 e. The molecule has 0 aliphatic heterocycles. The summed E-state index contributed by atoms with van der Waals surface area (Å²) < 4.78 is 38.3. The van der Waals surface area contributed by atoms with E-state index in [1.807, 2.05) is 0 Å². The molecule has 0 saturated carbocycles. The highest BCUT2D eigenvalue weighted by atomic mass is 32.2. The maximum atomic E-state index is 12.6. The van der Waals surface area contributed by atoms with Crippen molar-refractivity contribution >= 4 is 27.3 Å². The first-order valence-electron chi connectivity index (χ1n) is 7.68. The van der Waals surface area contributed by atoms with Crippen LogP contribution in [0, 0.1) is 0 Å². The highest BCUT2D eigenvalue weighted by Crippen LogP contribution is 2.29. The third-order valence-corrected chi connectivity index (χ3v) is 4.63. The van der Waals surface area contributed by atoms with Crippen LogP contribution in [0.2, 0.25) is 0 Å². The molecule has 2 rings (SSSR count). The summed E-state index contributed by atoms with van der Waals surface area (Å²) in [5.74, 6) is 0.538. The Kier molecular flexibility index (Phi) is 6.24. The average molecular weight is 376 g/mol. The Morgan fingerprint density at radius 3 is 2.65 bits per heavy atom. The van der Waals surface area contributed by atoms with Crippen LogP contribution < -0.4 is 19.5 Å². The van der Waals surface area contributed by atoms with Crippen molar-refractivity contribution in [1.29, 1.82) is 0 Å². The van der Waals surface area contributed by atoms with Crippen molar-refractivity contribution in [1.82, 2.24) is 0 Å². The van der Waals surface area contributed by atoms with Crippen molar-refractivity contribution in [3.63, 3.8) is 0 Å². The lowest BCUT2D eigenvalue weighted by molar-refractivity contribution is -0.114. The predicted octanol–water partition coefficient (Wildman–Crippen LogP) is 3.02. The number of ether oxygens (including phenoxy) is 2. The normalized spacial score (nSPS) is 10.7. The number of anilines is 2. The molecule has 2 N–H and O–H groups in total. The van der Waals surface area contributed by atoms with E-state index in [0.717, 1.165) is 0 Å². The molecule has 7 nitrogen and oxygen atoms in total. The Bertz CT molecular complexity index is 910. The monoisotopic (exact) mass is 376 g/mol. The molecule has 0 aromatic heterocycles. The Balaban J connectivity index is 2.30. The Morgan fingerprint density at radius 2 is 2.00 bits per heavy atom. The Hall–Kier alpha value is -3.00. The van der Waals surface area contributed by atoms with Gasteiger partial charge in [-0.15, -0.1) is 0 Å². The minimum Gasteiger partial charge on any atom is -0.495 e. The number of hydrogen-bond donors (Lipinski definition) is 2. The summed E-state index contributed by atoms with van der Waals surface area (Å²) in [4.78, 5) is 11.3. The summed E-state index contributed by atoms with van der Waals surface area (Å²) in [5.41, 5.74) is 0.620. The molecule has 138 valence electrons. The number of hydrogen-bond acceptors (Lipinski definition) is 5. The zero-order valence-electron chi connectivity index (χ0n) is 14.5. The molecule has 0 aliphatic rings. The maximum absolute atomic E-state index is 12.6. The summed E-state index contributed by atoms with van der Waals surface area (Å²) in [7, 11) is -2.43. The summed E-state index contributed by atoms with van der Waals surface area (Å²) in [5, 5.41) is 2.55. The third-order valence-electron chi connectivity index (χ3n) is 3.25. The largest absolute Gasteiger partial charge is 0.495 e. The predicted molar refractivity (Wildman–Crippen MR) is 100 cm³/mol. The van der Waals surface area contributed by atoms with Gasteiger partial charge in [0.25, 0.3) is 10.0 Å². The van der Waals surface area contributed by atoms with Crippen LogP contribution in [0.5, 0.6) is 11.5 Å². The first kappa shape index (κ1) is 19.3. The lowest BCUT2D eigenvalue weighted by Gasteiger charge is -2.13. The zero-order chi connectivity index (χ0) is 19.2. The Morgan fingerprint density at radius 1 is 1.23 bits per heavy atom. The van der Waals surface area contributed by atoms with Crippen molar-refractivity contribution in [2.24, 2.45) is 0 Å². The van der Waals surface area contributed by atoms with E-state index >= 15 is 0 Å². The molecule has 0 unspecified atom stereocenters. The van der Waals surface area contributed by atoms with Gasteiger partial charge in [-0.05, 0) is 30.3 Å². The smallest absolute Gasteiger partial charge is 0.261 e. The van der Waals surface area contributed by atoms with E-state index in [4.69, 9.17) is 9.47 Å². The van der Waals surface area contributed by atoms with Crippen LogP contribution in [0.1, 0.15) is 6.92 Å². The van der Waals surface area contributed by atoms with Crippen molar-refractivity contribution in [2.45, 2.75) is 11.8 Å². The van der Waals surface area contributed by atoms with E-state index in [1.165, 1.54) is 32.2 Å². The fourth-order valence-corrected chi connectivity index (χ4v) is 3.24. The minimum absolute atomic E-state index is 0.0144. The van der Waals surface area contributed by atoms with Crippen molar-refractivity contribution in [2.75, 3.05) is 23.8 Å². The molecule has 1 amide bonds. The molecule has 2 aromatic carbocycles. The van der Waals surface area contributed by atoms with E-state index in [2.05, 4.69) is 16.6 Å². The van der Waals surface area contributed by atoms with Gasteiger partial charge in [-0.2, -0.15) is 0 Å². The first-order valence-corrected chi connectivity index (χ1v) is 9.16. The second-order valence-electron chi connectivity index (χ2n) is 5.28. The number of nitrogens with one attached hydrogen (secondary N) is 2.